The maximum absolute atomic E-state index is 11.1. The molecule has 0 saturated carbocycles. The number of rotatable bonds is 3. The van der Waals surface area contributed by atoms with E-state index < -0.39 is 0 Å². The highest BCUT2D eigenvalue weighted by molar-refractivity contribution is 5.97. The second-order valence-electron chi connectivity index (χ2n) is 2.74. The van der Waals surface area contributed by atoms with Crippen molar-refractivity contribution in [3.8, 4) is 5.75 Å². The molecule has 0 amide bonds. The number of nitrogens with two attached hydrogens (primary N) is 1. The Bertz CT molecular complexity index is 321. The third-order valence-corrected chi connectivity index (χ3v) is 1.68. The van der Waals surface area contributed by atoms with Gasteiger partial charge in [-0.2, -0.15) is 0 Å². The first-order valence-electron chi connectivity index (χ1n) is 4.18. The molecule has 0 radical (unpaired) electrons. The zero-order valence-electron chi connectivity index (χ0n) is 7.83. The van der Waals surface area contributed by atoms with Gasteiger partial charge in [0.05, 0.1) is 12.2 Å². The minimum Gasteiger partial charge on any atom is -0.493 e. The standard InChI is InChI=1S/C10H13NO2/c1-3-13-10-6-8(11)4-5-9(10)7(2)12/h4-6H,3,11H2,1-2H3. The van der Waals surface area contributed by atoms with Crippen molar-refractivity contribution in [3.05, 3.63) is 23.8 Å². The van der Waals surface area contributed by atoms with Crippen LogP contribution in [0, 0.1) is 0 Å². The molecule has 0 aliphatic heterocycles. The van der Waals surface area contributed by atoms with Gasteiger partial charge in [-0.05, 0) is 26.0 Å². The average Bonchev–Trinajstić information content (AvgIpc) is 2.04. The molecule has 13 heavy (non-hydrogen) atoms. The summed E-state index contributed by atoms with van der Waals surface area (Å²) in [5.74, 6) is 0.554. The van der Waals surface area contributed by atoms with E-state index in [9.17, 15) is 4.79 Å². The predicted octanol–water partition coefficient (Wildman–Crippen LogP) is 1.87. The lowest BCUT2D eigenvalue weighted by molar-refractivity contribution is 0.101. The van der Waals surface area contributed by atoms with Crippen LogP contribution in [0.25, 0.3) is 0 Å². The van der Waals surface area contributed by atoms with Crippen LogP contribution in [0.4, 0.5) is 5.69 Å². The first kappa shape index (κ1) is 9.58. The van der Waals surface area contributed by atoms with Gasteiger partial charge in [0.1, 0.15) is 5.75 Å². The molecule has 0 heterocycles. The highest BCUT2D eigenvalue weighted by Crippen LogP contribution is 2.22. The molecule has 1 rings (SSSR count). The Labute approximate surface area is 77.5 Å². The van der Waals surface area contributed by atoms with E-state index in [4.69, 9.17) is 10.5 Å². The van der Waals surface area contributed by atoms with Crippen molar-refractivity contribution in [1.82, 2.24) is 0 Å². The minimum absolute atomic E-state index is 0.0107. The molecular weight excluding hydrogens is 166 g/mol. The highest BCUT2D eigenvalue weighted by atomic mass is 16.5. The fraction of sp³-hybridized carbons (Fsp3) is 0.300. The molecule has 1 aromatic rings. The van der Waals surface area contributed by atoms with Crippen LogP contribution in [0.15, 0.2) is 18.2 Å². The molecule has 0 unspecified atom stereocenters. The predicted molar refractivity (Wildman–Crippen MR) is 52.0 cm³/mol. The topological polar surface area (TPSA) is 52.3 Å². The average molecular weight is 179 g/mol. The van der Waals surface area contributed by atoms with Crippen LogP contribution in [0.3, 0.4) is 0 Å². The lowest BCUT2D eigenvalue weighted by atomic mass is 10.1. The molecule has 0 aliphatic rings. The first-order chi connectivity index (χ1) is 6.15. The zero-order chi connectivity index (χ0) is 9.84. The summed E-state index contributed by atoms with van der Waals surface area (Å²) in [6.45, 7) is 3.91. The van der Waals surface area contributed by atoms with Crippen LogP contribution in [0.5, 0.6) is 5.75 Å². The zero-order valence-corrected chi connectivity index (χ0v) is 7.83. The van der Waals surface area contributed by atoms with E-state index in [-0.39, 0.29) is 5.78 Å². The van der Waals surface area contributed by atoms with Crippen LogP contribution in [0.2, 0.25) is 0 Å². The van der Waals surface area contributed by atoms with E-state index in [0.29, 0.717) is 23.6 Å². The third-order valence-electron chi connectivity index (χ3n) is 1.68. The van der Waals surface area contributed by atoms with Gasteiger partial charge < -0.3 is 10.5 Å². The summed E-state index contributed by atoms with van der Waals surface area (Å²) in [5.41, 5.74) is 6.75. The van der Waals surface area contributed by atoms with Gasteiger partial charge in [-0.15, -0.1) is 0 Å². The Kier molecular flexibility index (Phi) is 2.90. The summed E-state index contributed by atoms with van der Waals surface area (Å²) in [4.78, 5) is 11.1. The molecule has 70 valence electrons. The number of benzene rings is 1. The lowest BCUT2D eigenvalue weighted by Gasteiger charge is -2.07. The summed E-state index contributed by atoms with van der Waals surface area (Å²) in [5, 5.41) is 0. The Hall–Kier alpha value is -1.51. The number of ether oxygens (including phenoxy) is 1. The SMILES string of the molecule is CCOc1cc(N)ccc1C(C)=O. The number of anilines is 1. The molecule has 0 fully saturated rings. The summed E-state index contributed by atoms with van der Waals surface area (Å²) >= 11 is 0. The van der Waals surface area contributed by atoms with Crippen LogP contribution >= 0.6 is 0 Å². The maximum Gasteiger partial charge on any atom is 0.163 e. The van der Waals surface area contributed by atoms with E-state index >= 15 is 0 Å². The largest absolute Gasteiger partial charge is 0.493 e. The maximum atomic E-state index is 11.1. The van der Waals surface area contributed by atoms with Crippen LogP contribution < -0.4 is 10.5 Å². The van der Waals surface area contributed by atoms with Crippen LogP contribution in [0.1, 0.15) is 24.2 Å². The molecule has 3 heteroatoms. The van der Waals surface area contributed by atoms with Crippen LogP contribution in [-0.4, -0.2) is 12.4 Å². The molecule has 0 aliphatic carbocycles. The fourth-order valence-electron chi connectivity index (χ4n) is 1.10. The Morgan fingerprint density at radius 3 is 2.77 bits per heavy atom. The summed E-state index contributed by atoms with van der Waals surface area (Å²) in [6.07, 6.45) is 0. The van der Waals surface area contributed by atoms with Crippen molar-refractivity contribution in [2.45, 2.75) is 13.8 Å². The molecule has 3 nitrogen and oxygen atoms in total. The second kappa shape index (κ2) is 3.94. The molecule has 0 aromatic heterocycles. The van der Waals surface area contributed by atoms with E-state index in [1.807, 2.05) is 6.92 Å². The van der Waals surface area contributed by atoms with Gasteiger partial charge in [-0.3, -0.25) is 4.79 Å². The monoisotopic (exact) mass is 179 g/mol. The van der Waals surface area contributed by atoms with Crippen molar-refractivity contribution in [1.29, 1.82) is 0 Å². The number of ketones is 1. The molecule has 0 saturated heterocycles. The first-order valence-corrected chi connectivity index (χ1v) is 4.18. The Morgan fingerprint density at radius 1 is 1.54 bits per heavy atom. The van der Waals surface area contributed by atoms with Gasteiger partial charge in [-0.25, -0.2) is 0 Å². The molecule has 1 aromatic carbocycles. The quantitative estimate of drug-likeness (QED) is 0.569. The summed E-state index contributed by atoms with van der Waals surface area (Å²) in [6, 6.07) is 5.04. The Balaban J connectivity index is 3.10. The number of carbonyl (C=O) groups is 1. The molecule has 0 bridgehead atoms. The number of hydrogen-bond donors (Lipinski definition) is 1. The van der Waals surface area contributed by atoms with E-state index in [1.165, 1.54) is 6.92 Å². The second-order valence-corrected chi connectivity index (χ2v) is 2.74. The number of carbonyl (C=O) groups excluding carboxylic acids is 1. The number of Topliss-reactive ketones (excluding diaryl/α,β-unsaturated/α-hetero) is 1. The van der Waals surface area contributed by atoms with Gasteiger partial charge in [-0.1, -0.05) is 0 Å². The molecule has 2 N–H and O–H groups in total. The Morgan fingerprint density at radius 2 is 2.23 bits per heavy atom. The third kappa shape index (κ3) is 2.21. The van der Waals surface area contributed by atoms with Gasteiger partial charge >= 0.3 is 0 Å². The number of hydrogen-bond acceptors (Lipinski definition) is 3. The van der Waals surface area contributed by atoms with Gasteiger partial charge in [0.15, 0.2) is 5.78 Å². The smallest absolute Gasteiger partial charge is 0.163 e. The van der Waals surface area contributed by atoms with Gasteiger partial charge in [0, 0.05) is 11.8 Å². The van der Waals surface area contributed by atoms with Crippen molar-refractivity contribution < 1.29 is 9.53 Å². The summed E-state index contributed by atoms with van der Waals surface area (Å²) in [7, 11) is 0. The van der Waals surface area contributed by atoms with Gasteiger partial charge in [0.25, 0.3) is 0 Å². The highest BCUT2D eigenvalue weighted by Gasteiger charge is 2.07. The van der Waals surface area contributed by atoms with Crippen molar-refractivity contribution in [2.24, 2.45) is 0 Å². The molecular formula is C10H13NO2. The number of nitrogen functional groups attached to an aromatic ring is 1. The van der Waals surface area contributed by atoms with E-state index in [0.717, 1.165) is 0 Å². The normalized spacial score (nSPS) is 9.69. The lowest BCUT2D eigenvalue weighted by Crippen LogP contribution is -2.01. The van der Waals surface area contributed by atoms with Crippen LogP contribution in [-0.2, 0) is 0 Å². The van der Waals surface area contributed by atoms with Crippen molar-refractivity contribution >= 4 is 11.5 Å². The van der Waals surface area contributed by atoms with E-state index in [1.54, 1.807) is 18.2 Å². The molecule has 0 atom stereocenters. The summed E-state index contributed by atoms with van der Waals surface area (Å²) < 4.78 is 5.28. The fourth-order valence-corrected chi connectivity index (χ4v) is 1.10. The minimum atomic E-state index is -0.0107. The van der Waals surface area contributed by atoms with Gasteiger partial charge in [0.2, 0.25) is 0 Å². The van der Waals surface area contributed by atoms with Crippen molar-refractivity contribution in [3.63, 3.8) is 0 Å². The van der Waals surface area contributed by atoms with Crippen molar-refractivity contribution in [2.75, 3.05) is 12.3 Å². The van der Waals surface area contributed by atoms with E-state index in [2.05, 4.69) is 0 Å². The molecule has 0 spiro atoms.